The van der Waals surface area contributed by atoms with Gasteiger partial charge in [-0.15, -0.1) is 0 Å². The molecule has 0 fully saturated rings. The largest absolute Gasteiger partial charge is 0.435 e. The summed E-state index contributed by atoms with van der Waals surface area (Å²) in [6.45, 7) is 3.89. The molecule has 2 N–H and O–H groups in total. The summed E-state index contributed by atoms with van der Waals surface area (Å²) in [5.74, 6) is 0.581. The van der Waals surface area contributed by atoms with E-state index in [1.807, 2.05) is 56.4 Å². The number of fused-ring (bicyclic) bond motifs is 1. The summed E-state index contributed by atoms with van der Waals surface area (Å²) < 4.78 is 5.61. The van der Waals surface area contributed by atoms with E-state index in [-0.39, 0.29) is 6.04 Å². The number of aromatic nitrogens is 2. The van der Waals surface area contributed by atoms with Crippen LogP contribution in [0.5, 0.6) is 0 Å². The first kappa shape index (κ1) is 13.2. The summed E-state index contributed by atoms with van der Waals surface area (Å²) in [7, 11) is 0. The predicted molar refractivity (Wildman–Crippen MR) is 77.4 cm³/mol. The number of rotatable bonds is 4. The molecule has 0 radical (unpaired) electrons. The van der Waals surface area contributed by atoms with Crippen molar-refractivity contribution < 1.29 is 4.42 Å². The SMILES string of the molecule is C/C=C\C(N)C=C/C=C(\C)c1nc2ncccc2o1. The molecule has 2 heterocycles. The van der Waals surface area contributed by atoms with Gasteiger partial charge >= 0.3 is 0 Å². The number of oxazole rings is 1. The summed E-state index contributed by atoms with van der Waals surface area (Å²) in [5, 5.41) is 0. The van der Waals surface area contributed by atoms with Gasteiger partial charge in [0.15, 0.2) is 11.2 Å². The number of nitrogens with zero attached hydrogens (tertiary/aromatic N) is 2. The van der Waals surface area contributed by atoms with Crippen molar-refractivity contribution >= 4 is 16.8 Å². The molecule has 98 valence electrons. The van der Waals surface area contributed by atoms with Crippen molar-refractivity contribution in [2.75, 3.05) is 0 Å². The van der Waals surface area contributed by atoms with E-state index in [1.165, 1.54) is 0 Å². The molecule has 19 heavy (non-hydrogen) atoms. The zero-order valence-corrected chi connectivity index (χ0v) is 11.1. The summed E-state index contributed by atoms with van der Waals surface area (Å²) in [6, 6.07) is 3.61. The number of hydrogen-bond acceptors (Lipinski definition) is 4. The lowest BCUT2D eigenvalue weighted by Crippen LogP contribution is -2.12. The maximum absolute atomic E-state index is 5.82. The zero-order valence-electron chi connectivity index (χ0n) is 11.1. The van der Waals surface area contributed by atoms with Crippen LogP contribution in [0.3, 0.4) is 0 Å². The molecule has 0 aliphatic rings. The molecule has 4 nitrogen and oxygen atoms in total. The molecular weight excluding hydrogens is 238 g/mol. The topological polar surface area (TPSA) is 64.9 Å². The molecular formula is C15H17N3O. The van der Waals surface area contributed by atoms with Crippen molar-refractivity contribution in [3.05, 3.63) is 54.6 Å². The molecule has 2 aromatic rings. The van der Waals surface area contributed by atoms with Gasteiger partial charge in [0, 0.05) is 17.8 Å². The Bertz CT molecular complexity index is 605. The van der Waals surface area contributed by atoms with Crippen molar-refractivity contribution in [1.82, 2.24) is 9.97 Å². The average Bonchev–Trinajstić information content (AvgIpc) is 2.82. The fraction of sp³-hybridized carbons (Fsp3) is 0.200. The van der Waals surface area contributed by atoms with E-state index in [0.29, 0.717) is 17.1 Å². The average molecular weight is 255 g/mol. The predicted octanol–water partition coefficient (Wildman–Crippen LogP) is 3.09. The molecule has 0 saturated carbocycles. The van der Waals surface area contributed by atoms with Crippen molar-refractivity contribution in [1.29, 1.82) is 0 Å². The van der Waals surface area contributed by atoms with E-state index in [9.17, 15) is 0 Å². The van der Waals surface area contributed by atoms with Gasteiger partial charge in [0.25, 0.3) is 0 Å². The third-order valence-electron chi connectivity index (χ3n) is 2.60. The highest BCUT2D eigenvalue weighted by Crippen LogP contribution is 2.18. The lowest BCUT2D eigenvalue weighted by Gasteiger charge is -1.95. The van der Waals surface area contributed by atoms with E-state index in [2.05, 4.69) is 9.97 Å². The van der Waals surface area contributed by atoms with Crippen LogP contribution in [0.25, 0.3) is 16.8 Å². The van der Waals surface area contributed by atoms with Crippen molar-refractivity contribution in [2.45, 2.75) is 19.9 Å². The van der Waals surface area contributed by atoms with E-state index < -0.39 is 0 Å². The van der Waals surface area contributed by atoms with Crippen molar-refractivity contribution in [3.8, 4) is 0 Å². The van der Waals surface area contributed by atoms with Crippen LogP contribution in [0.2, 0.25) is 0 Å². The van der Waals surface area contributed by atoms with E-state index in [4.69, 9.17) is 10.2 Å². The highest BCUT2D eigenvalue weighted by atomic mass is 16.3. The molecule has 0 aliphatic carbocycles. The van der Waals surface area contributed by atoms with Crippen LogP contribution in [-0.2, 0) is 0 Å². The Morgan fingerprint density at radius 3 is 3.00 bits per heavy atom. The van der Waals surface area contributed by atoms with E-state index >= 15 is 0 Å². The zero-order chi connectivity index (χ0) is 13.7. The van der Waals surface area contributed by atoms with Crippen LogP contribution < -0.4 is 5.73 Å². The quantitative estimate of drug-likeness (QED) is 0.673. The molecule has 2 aromatic heterocycles. The summed E-state index contributed by atoms with van der Waals surface area (Å²) in [4.78, 5) is 8.46. The standard InChI is InChI=1S/C15H17N3O/c1-3-6-12(16)8-4-7-11(2)15-18-14-13(19-15)9-5-10-17-14/h3-10,12H,16H2,1-2H3/b6-3-,8-4?,11-7+. The first-order valence-corrected chi connectivity index (χ1v) is 6.16. The lowest BCUT2D eigenvalue weighted by molar-refractivity contribution is 0.584. The van der Waals surface area contributed by atoms with Crippen LogP contribution in [0.4, 0.5) is 0 Å². The Balaban J connectivity index is 2.16. The molecule has 4 heteroatoms. The first-order valence-electron chi connectivity index (χ1n) is 6.16. The molecule has 0 saturated heterocycles. The van der Waals surface area contributed by atoms with Gasteiger partial charge in [-0.3, -0.25) is 0 Å². The van der Waals surface area contributed by atoms with Gasteiger partial charge < -0.3 is 10.2 Å². The molecule has 1 unspecified atom stereocenters. The smallest absolute Gasteiger partial charge is 0.224 e. The minimum absolute atomic E-state index is 0.0700. The maximum Gasteiger partial charge on any atom is 0.224 e. The van der Waals surface area contributed by atoms with Gasteiger partial charge in [0.05, 0.1) is 0 Å². The Morgan fingerprint density at radius 1 is 1.42 bits per heavy atom. The highest BCUT2D eigenvalue weighted by Gasteiger charge is 2.06. The minimum atomic E-state index is -0.0700. The van der Waals surface area contributed by atoms with Crippen LogP contribution in [0.15, 0.2) is 53.1 Å². The second-order valence-electron chi connectivity index (χ2n) is 4.18. The van der Waals surface area contributed by atoms with E-state index in [1.54, 1.807) is 6.20 Å². The van der Waals surface area contributed by atoms with Crippen LogP contribution in [0, 0.1) is 0 Å². The van der Waals surface area contributed by atoms with Crippen LogP contribution in [0.1, 0.15) is 19.7 Å². The Hall–Kier alpha value is -2.20. The van der Waals surface area contributed by atoms with Crippen LogP contribution >= 0.6 is 0 Å². The van der Waals surface area contributed by atoms with Gasteiger partial charge in [-0.1, -0.05) is 30.4 Å². The molecule has 0 aliphatic heterocycles. The number of allylic oxidation sites excluding steroid dienone is 4. The number of nitrogens with two attached hydrogens (primary N) is 1. The first-order chi connectivity index (χ1) is 9.20. The molecule has 0 bridgehead atoms. The van der Waals surface area contributed by atoms with E-state index in [0.717, 1.165) is 5.57 Å². The van der Waals surface area contributed by atoms with Gasteiger partial charge in [0.2, 0.25) is 5.89 Å². The van der Waals surface area contributed by atoms with Gasteiger partial charge in [-0.2, -0.15) is 4.98 Å². The maximum atomic E-state index is 5.82. The molecule has 0 spiro atoms. The lowest BCUT2D eigenvalue weighted by atomic mass is 10.2. The number of hydrogen-bond donors (Lipinski definition) is 1. The Morgan fingerprint density at radius 2 is 2.26 bits per heavy atom. The number of pyridine rings is 1. The molecule has 0 amide bonds. The van der Waals surface area contributed by atoms with Gasteiger partial charge in [0.1, 0.15) is 0 Å². The monoisotopic (exact) mass is 255 g/mol. The summed E-state index contributed by atoms with van der Waals surface area (Å²) >= 11 is 0. The second-order valence-corrected chi connectivity index (χ2v) is 4.18. The highest BCUT2D eigenvalue weighted by molar-refractivity contribution is 5.71. The summed E-state index contributed by atoms with van der Waals surface area (Å²) in [5.41, 5.74) is 8.07. The molecule has 0 aromatic carbocycles. The molecule has 2 rings (SSSR count). The summed E-state index contributed by atoms with van der Waals surface area (Å²) in [6.07, 6.45) is 11.3. The van der Waals surface area contributed by atoms with Gasteiger partial charge in [-0.05, 0) is 26.0 Å². The van der Waals surface area contributed by atoms with Gasteiger partial charge in [-0.25, -0.2) is 4.98 Å². The van der Waals surface area contributed by atoms with Crippen molar-refractivity contribution in [3.63, 3.8) is 0 Å². The van der Waals surface area contributed by atoms with Crippen molar-refractivity contribution in [2.24, 2.45) is 5.73 Å². The third-order valence-corrected chi connectivity index (χ3v) is 2.60. The second kappa shape index (κ2) is 6.11. The normalized spacial score (nSPS) is 14.8. The minimum Gasteiger partial charge on any atom is -0.435 e. The fourth-order valence-electron chi connectivity index (χ4n) is 1.62. The van der Waals surface area contributed by atoms with Crippen LogP contribution in [-0.4, -0.2) is 16.0 Å². The fourth-order valence-corrected chi connectivity index (χ4v) is 1.62. The molecule has 1 atom stereocenters. The Kier molecular flexibility index (Phi) is 4.26. The third kappa shape index (κ3) is 3.39. The Labute approximate surface area is 112 Å².